The fourth-order valence-electron chi connectivity index (χ4n) is 3.92. The summed E-state index contributed by atoms with van der Waals surface area (Å²) in [6, 6.07) is 4.50. The summed E-state index contributed by atoms with van der Waals surface area (Å²) in [5.74, 6) is 0. The predicted octanol–water partition coefficient (Wildman–Crippen LogP) is 2.96. The van der Waals surface area contributed by atoms with Crippen molar-refractivity contribution in [2.24, 2.45) is 0 Å². The van der Waals surface area contributed by atoms with Crippen LogP contribution in [-0.4, -0.2) is 52.4 Å². The third-order valence-corrected chi connectivity index (χ3v) is 5.83. The van der Waals surface area contributed by atoms with E-state index in [0.717, 1.165) is 45.9 Å². The molecule has 1 fully saturated rings. The molecule has 0 aromatic carbocycles. The quantitative estimate of drug-likeness (QED) is 0.793. The summed E-state index contributed by atoms with van der Waals surface area (Å²) in [6.45, 7) is 7.08. The van der Waals surface area contributed by atoms with E-state index in [2.05, 4.69) is 44.4 Å². The van der Waals surface area contributed by atoms with Gasteiger partial charge in [0.2, 0.25) is 0 Å². The lowest BCUT2D eigenvalue weighted by molar-refractivity contribution is 0.0711. The van der Waals surface area contributed by atoms with E-state index in [-0.39, 0.29) is 0 Å². The highest BCUT2D eigenvalue weighted by Crippen LogP contribution is 2.19. The van der Waals surface area contributed by atoms with E-state index < -0.39 is 0 Å². The van der Waals surface area contributed by atoms with Gasteiger partial charge in [0.05, 0.1) is 17.5 Å². The van der Waals surface area contributed by atoms with Crippen LogP contribution in [0.3, 0.4) is 0 Å². The fourth-order valence-corrected chi connectivity index (χ4v) is 4.58. The van der Waals surface area contributed by atoms with Crippen LogP contribution in [0.1, 0.15) is 36.2 Å². The van der Waals surface area contributed by atoms with E-state index in [1.165, 1.54) is 36.2 Å². The van der Waals surface area contributed by atoms with E-state index in [1.807, 2.05) is 0 Å². The van der Waals surface area contributed by atoms with Crippen molar-refractivity contribution in [2.75, 3.05) is 26.7 Å². The van der Waals surface area contributed by atoms with Crippen molar-refractivity contribution >= 4 is 11.3 Å². The van der Waals surface area contributed by atoms with Crippen LogP contribution in [0, 0.1) is 0 Å². The normalized spacial score (nSPS) is 21.6. The van der Waals surface area contributed by atoms with Gasteiger partial charge in [-0.05, 0) is 54.8 Å². The van der Waals surface area contributed by atoms with Crippen LogP contribution in [0.5, 0.6) is 0 Å². The van der Waals surface area contributed by atoms with Crippen LogP contribution < -0.4 is 0 Å². The van der Waals surface area contributed by atoms with Crippen LogP contribution in [0.4, 0.5) is 0 Å². The second kappa shape index (κ2) is 7.99. The third kappa shape index (κ3) is 4.50. The van der Waals surface area contributed by atoms with Gasteiger partial charge in [-0.15, -0.1) is 0 Å². The summed E-state index contributed by atoms with van der Waals surface area (Å²) in [6.07, 6.45) is 4.04. The highest BCUT2D eigenvalue weighted by molar-refractivity contribution is 7.07. The molecule has 4 rings (SSSR count). The molecule has 0 N–H and O–H groups in total. The summed E-state index contributed by atoms with van der Waals surface area (Å²) >= 11 is 1.76. The topological polar surface area (TPSA) is 33.5 Å². The average molecular weight is 361 g/mol. The Bertz CT molecular complexity index is 663. The van der Waals surface area contributed by atoms with Gasteiger partial charge in [-0.25, -0.2) is 0 Å². The molecule has 2 aromatic heterocycles. The maximum absolute atomic E-state index is 5.82. The first-order valence-electron chi connectivity index (χ1n) is 9.35. The summed E-state index contributed by atoms with van der Waals surface area (Å²) in [7, 11) is 2.17. The van der Waals surface area contributed by atoms with Crippen molar-refractivity contribution in [1.82, 2.24) is 19.6 Å². The number of ether oxygens (including phenoxy) is 1. The SMILES string of the molecule is CN(Cc1ccsc1)Cc1cc2n(n1)CCCN(CC1CCCO1)C2. The van der Waals surface area contributed by atoms with E-state index >= 15 is 0 Å². The molecular weight excluding hydrogens is 332 g/mol. The Labute approximate surface area is 154 Å². The van der Waals surface area contributed by atoms with Crippen molar-refractivity contribution < 1.29 is 4.74 Å². The highest BCUT2D eigenvalue weighted by atomic mass is 32.1. The van der Waals surface area contributed by atoms with Crippen LogP contribution in [0.2, 0.25) is 0 Å². The van der Waals surface area contributed by atoms with E-state index in [0.29, 0.717) is 6.10 Å². The molecule has 6 heteroatoms. The third-order valence-electron chi connectivity index (χ3n) is 5.09. The summed E-state index contributed by atoms with van der Waals surface area (Å²) < 4.78 is 8.05. The van der Waals surface area contributed by atoms with Gasteiger partial charge < -0.3 is 4.74 Å². The fraction of sp³-hybridized carbons (Fsp3) is 0.632. The minimum Gasteiger partial charge on any atom is -0.377 e. The maximum atomic E-state index is 5.82. The van der Waals surface area contributed by atoms with Crippen molar-refractivity contribution in [3.63, 3.8) is 0 Å². The molecule has 0 saturated carbocycles. The number of nitrogens with zero attached hydrogens (tertiary/aromatic N) is 4. The van der Waals surface area contributed by atoms with Gasteiger partial charge in [0.25, 0.3) is 0 Å². The first kappa shape index (κ1) is 17.2. The number of thiophene rings is 1. The molecule has 2 aliphatic heterocycles. The minimum absolute atomic E-state index is 0.436. The largest absolute Gasteiger partial charge is 0.377 e. The maximum Gasteiger partial charge on any atom is 0.0768 e. The van der Waals surface area contributed by atoms with Gasteiger partial charge in [0.1, 0.15) is 0 Å². The Hall–Kier alpha value is -1.21. The van der Waals surface area contributed by atoms with Gasteiger partial charge in [-0.2, -0.15) is 16.4 Å². The standard InChI is InChI=1S/C19H28N4OS/c1-21(11-16-5-9-25-15-16)12-17-10-18-13-22(6-3-7-23(18)20-17)14-19-4-2-8-24-19/h5,9-10,15,19H,2-4,6-8,11-14H2,1H3. The second-order valence-electron chi connectivity index (χ2n) is 7.38. The molecule has 0 aliphatic carbocycles. The van der Waals surface area contributed by atoms with E-state index in [9.17, 15) is 0 Å². The molecular formula is C19H28N4OS. The number of aromatic nitrogens is 2. The molecule has 2 aliphatic rings. The van der Waals surface area contributed by atoms with Crippen LogP contribution in [0.25, 0.3) is 0 Å². The number of hydrogen-bond acceptors (Lipinski definition) is 5. The summed E-state index contributed by atoms with van der Waals surface area (Å²) in [4.78, 5) is 4.89. The smallest absolute Gasteiger partial charge is 0.0768 e. The number of fused-ring (bicyclic) bond motifs is 1. The van der Waals surface area contributed by atoms with Gasteiger partial charge in [-0.3, -0.25) is 14.5 Å². The second-order valence-corrected chi connectivity index (χ2v) is 8.16. The number of rotatable bonds is 6. The molecule has 25 heavy (non-hydrogen) atoms. The van der Waals surface area contributed by atoms with E-state index in [4.69, 9.17) is 9.84 Å². The zero-order valence-electron chi connectivity index (χ0n) is 15.1. The number of aryl methyl sites for hydroxylation is 1. The first-order valence-corrected chi connectivity index (χ1v) is 10.3. The van der Waals surface area contributed by atoms with Crippen molar-refractivity contribution in [2.45, 2.75) is 51.5 Å². The van der Waals surface area contributed by atoms with Crippen molar-refractivity contribution in [1.29, 1.82) is 0 Å². The molecule has 4 heterocycles. The molecule has 136 valence electrons. The molecule has 0 radical (unpaired) electrons. The lowest BCUT2D eigenvalue weighted by Gasteiger charge is -2.22. The molecule has 5 nitrogen and oxygen atoms in total. The summed E-state index contributed by atoms with van der Waals surface area (Å²) in [5, 5.41) is 9.23. The van der Waals surface area contributed by atoms with Gasteiger partial charge in [0, 0.05) is 45.9 Å². The first-order chi connectivity index (χ1) is 12.3. The Kier molecular flexibility index (Phi) is 5.51. The van der Waals surface area contributed by atoms with Crippen LogP contribution in [-0.2, 0) is 30.9 Å². The Balaban J connectivity index is 1.36. The van der Waals surface area contributed by atoms with Gasteiger partial charge in [0.15, 0.2) is 0 Å². The van der Waals surface area contributed by atoms with Crippen molar-refractivity contribution in [3.8, 4) is 0 Å². The molecule has 1 saturated heterocycles. The molecule has 0 bridgehead atoms. The monoisotopic (exact) mass is 360 g/mol. The molecule has 0 amide bonds. The van der Waals surface area contributed by atoms with Gasteiger partial charge in [-0.1, -0.05) is 0 Å². The Morgan fingerprint density at radius 3 is 3.08 bits per heavy atom. The number of hydrogen-bond donors (Lipinski definition) is 0. The highest BCUT2D eigenvalue weighted by Gasteiger charge is 2.22. The van der Waals surface area contributed by atoms with Crippen LogP contribution >= 0.6 is 11.3 Å². The molecule has 2 aromatic rings. The Morgan fingerprint density at radius 1 is 1.32 bits per heavy atom. The zero-order chi connectivity index (χ0) is 17.1. The average Bonchev–Trinajstić information content (AvgIpc) is 3.30. The lowest BCUT2D eigenvalue weighted by Crippen LogP contribution is -2.31. The van der Waals surface area contributed by atoms with Crippen molar-refractivity contribution in [3.05, 3.63) is 39.8 Å². The lowest BCUT2D eigenvalue weighted by atomic mass is 10.2. The zero-order valence-corrected chi connectivity index (χ0v) is 15.9. The molecule has 1 unspecified atom stereocenters. The summed E-state index contributed by atoms with van der Waals surface area (Å²) in [5.41, 5.74) is 3.93. The molecule has 0 spiro atoms. The predicted molar refractivity (Wildman–Crippen MR) is 101 cm³/mol. The van der Waals surface area contributed by atoms with Gasteiger partial charge >= 0.3 is 0 Å². The Morgan fingerprint density at radius 2 is 2.28 bits per heavy atom. The minimum atomic E-state index is 0.436. The van der Waals surface area contributed by atoms with E-state index in [1.54, 1.807) is 11.3 Å². The molecule has 1 atom stereocenters. The van der Waals surface area contributed by atoms with Crippen LogP contribution in [0.15, 0.2) is 22.9 Å².